The molecule has 0 bridgehead atoms. The summed E-state index contributed by atoms with van der Waals surface area (Å²) in [6.07, 6.45) is 3.29. The number of hydrogen-bond acceptors (Lipinski definition) is 6. The second-order valence-corrected chi connectivity index (χ2v) is 4.21. The van der Waals surface area contributed by atoms with Gasteiger partial charge in [-0.2, -0.15) is 0 Å². The normalized spacial score (nSPS) is 10.3. The number of non-ortho nitro benzene ring substituents is 1. The summed E-state index contributed by atoms with van der Waals surface area (Å²) in [4.78, 5) is 18.4. The van der Waals surface area contributed by atoms with Gasteiger partial charge in [0.05, 0.1) is 11.0 Å². The number of ether oxygens (including phenoxy) is 1. The molecule has 2 aromatic rings. The fourth-order valence-electron chi connectivity index (χ4n) is 1.60. The summed E-state index contributed by atoms with van der Waals surface area (Å²) in [6, 6.07) is 4.58. The number of aryl methyl sites for hydroxylation is 1. The van der Waals surface area contributed by atoms with Crippen LogP contribution < -0.4 is 10.1 Å². The molecule has 0 saturated carbocycles. The van der Waals surface area contributed by atoms with Crippen LogP contribution in [-0.2, 0) is 6.54 Å². The summed E-state index contributed by atoms with van der Waals surface area (Å²) in [5.41, 5.74) is 1.67. The van der Waals surface area contributed by atoms with Crippen molar-refractivity contribution >= 4 is 5.69 Å². The van der Waals surface area contributed by atoms with Gasteiger partial charge in [0.15, 0.2) is 0 Å². The lowest BCUT2D eigenvalue weighted by Gasteiger charge is -2.07. The number of nitrogens with one attached hydrogen (secondary N) is 1. The average molecular weight is 274 g/mol. The van der Waals surface area contributed by atoms with Gasteiger partial charge in [-0.15, -0.1) is 0 Å². The van der Waals surface area contributed by atoms with Crippen LogP contribution in [0, 0.1) is 17.0 Å². The van der Waals surface area contributed by atoms with E-state index in [9.17, 15) is 10.1 Å². The van der Waals surface area contributed by atoms with Crippen LogP contribution in [0.4, 0.5) is 5.69 Å². The highest BCUT2D eigenvalue weighted by molar-refractivity contribution is 5.44. The Bertz CT molecular complexity index is 614. The van der Waals surface area contributed by atoms with Crippen molar-refractivity contribution in [2.75, 3.05) is 7.05 Å². The average Bonchev–Trinajstić information content (AvgIpc) is 2.43. The Hall–Kier alpha value is -2.54. The van der Waals surface area contributed by atoms with E-state index in [4.69, 9.17) is 4.74 Å². The van der Waals surface area contributed by atoms with Crippen LogP contribution in [-0.4, -0.2) is 21.9 Å². The highest BCUT2D eigenvalue weighted by atomic mass is 16.6. The van der Waals surface area contributed by atoms with E-state index in [0.717, 1.165) is 11.1 Å². The van der Waals surface area contributed by atoms with E-state index in [2.05, 4.69) is 15.3 Å². The molecule has 1 aromatic carbocycles. The first-order valence-electron chi connectivity index (χ1n) is 5.98. The summed E-state index contributed by atoms with van der Waals surface area (Å²) in [5.74, 6) is 0.376. The minimum absolute atomic E-state index is 0.0302. The molecule has 0 atom stereocenters. The molecule has 1 heterocycles. The van der Waals surface area contributed by atoms with Crippen molar-refractivity contribution in [3.63, 3.8) is 0 Å². The number of nitro groups is 1. The smallest absolute Gasteiger partial charge is 0.321 e. The van der Waals surface area contributed by atoms with Crippen LogP contribution in [0.5, 0.6) is 11.8 Å². The molecule has 0 aliphatic heterocycles. The van der Waals surface area contributed by atoms with Crippen molar-refractivity contribution in [3.8, 4) is 11.8 Å². The molecule has 0 spiro atoms. The zero-order chi connectivity index (χ0) is 14.5. The standard InChI is InChI=1S/C13H14N4O3/c1-9-3-4-11(17(18)19)5-12(9)20-13-15-7-10(6-14-2)8-16-13/h3-5,7-8,14H,6H2,1-2H3. The highest BCUT2D eigenvalue weighted by Crippen LogP contribution is 2.27. The lowest BCUT2D eigenvalue weighted by atomic mass is 10.2. The summed E-state index contributed by atoms with van der Waals surface area (Å²) < 4.78 is 5.49. The maximum atomic E-state index is 10.7. The topological polar surface area (TPSA) is 90.2 Å². The maximum absolute atomic E-state index is 10.7. The fraction of sp³-hybridized carbons (Fsp3) is 0.231. The van der Waals surface area contributed by atoms with Crippen molar-refractivity contribution in [2.24, 2.45) is 0 Å². The summed E-state index contributed by atoms with van der Waals surface area (Å²) in [6.45, 7) is 2.46. The van der Waals surface area contributed by atoms with Gasteiger partial charge in [0.25, 0.3) is 5.69 Å². The van der Waals surface area contributed by atoms with Gasteiger partial charge in [-0.3, -0.25) is 10.1 Å². The number of nitro benzene ring substituents is 1. The van der Waals surface area contributed by atoms with E-state index in [1.807, 2.05) is 7.05 Å². The summed E-state index contributed by atoms with van der Waals surface area (Å²) >= 11 is 0. The van der Waals surface area contributed by atoms with Gasteiger partial charge in [0.1, 0.15) is 5.75 Å². The second kappa shape index (κ2) is 6.07. The quantitative estimate of drug-likeness (QED) is 0.664. The van der Waals surface area contributed by atoms with E-state index in [-0.39, 0.29) is 11.7 Å². The first-order chi connectivity index (χ1) is 9.60. The Morgan fingerprint density at radius 3 is 2.65 bits per heavy atom. The molecule has 0 unspecified atom stereocenters. The van der Waals surface area contributed by atoms with Gasteiger partial charge < -0.3 is 10.1 Å². The number of nitrogens with zero attached hydrogens (tertiary/aromatic N) is 3. The second-order valence-electron chi connectivity index (χ2n) is 4.21. The predicted molar refractivity (Wildman–Crippen MR) is 72.7 cm³/mol. The maximum Gasteiger partial charge on any atom is 0.321 e. The number of rotatable bonds is 5. The molecule has 0 amide bonds. The van der Waals surface area contributed by atoms with Crippen molar-refractivity contribution < 1.29 is 9.66 Å². The molecule has 7 nitrogen and oxygen atoms in total. The Kier molecular flexibility index (Phi) is 4.21. The van der Waals surface area contributed by atoms with Crippen LogP contribution >= 0.6 is 0 Å². The summed E-state index contributed by atoms with van der Waals surface area (Å²) in [5, 5.41) is 13.7. The molecule has 7 heteroatoms. The first-order valence-corrected chi connectivity index (χ1v) is 5.98. The van der Waals surface area contributed by atoms with E-state index in [1.54, 1.807) is 25.4 Å². The third kappa shape index (κ3) is 3.27. The van der Waals surface area contributed by atoms with Crippen LogP contribution in [0.25, 0.3) is 0 Å². The third-order valence-electron chi connectivity index (χ3n) is 2.65. The Balaban J connectivity index is 2.20. The van der Waals surface area contributed by atoms with Gasteiger partial charge in [0, 0.05) is 30.6 Å². The molecule has 104 valence electrons. The van der Waals surface area contributed by atoms with E-state index in [1.165, 1.54) is 12.1 Å². The third-order valence-corrected chi connectivity index (χ3v) is 2.65. The SMILES string of the molecule is CNCc1cnc(Oc2cc([N+](=O)[O-])ccc2C)nc1. The Morgan fingerprint density at radius 1 is 1.35 bits per heavy atom. The van der Waals surface area contributed by atoms with Gasteiger partial charge in [-0.25, -0.2) is 9.97 Å². The molecule has 0 aliphatic carbocycles. The summed E-state index contributed by atoms with van der Waals surface area (Å²) in [7, 11) is 1.83. The molecule has 0 radical (unpaired) electrons. The zero-order valence-electron chi connectivity index (χ0n) is 11.2. The monoisotopic (exact) mass is 274 g/mol. The van der Waals surface area contributed by atoms with Gasteiger partial charge >= 0.3 is 6.01 Å². The van der Waals surface area contributed by atoms with Gasteiger partial charge in [-0.05, 0) is 25.6 Å². The molecule has 0 aliphatic rings. The van der Waals surface area contributed by atoms with E-state index in [0.29, 0.717) is 12.3 Å². The molecule has 0 saturated heterocycles. The van der Waals surface area contributed by atoms with Crippen molar-refractivity contribution in [3.05, 3.63) is 51.8 Å². The molecule has 0 fully saturated rings. The lowest BCUT2D eigenvalue weighted by Crippen LogP contribution is -2.06. The van der Waals surface area contributed by atoms with Crippen LogP contribution in [0.3, 0.4) is 0 Å². The van der Waals surface area contributed by atoms with E-state index < -0.39 is 4.92 Å². The number of hydrogen-bond donors (Lipinski definition) is 1. The molecule has 1 N–H and O–H groups in total. The number of aromatic nitrogens is 2. The van der Waals surface area contributed by atoms with Gasteiger partial charge in [0.2, 0.25) is 0 Å². The van der Waals surface area contributed by atoms with Crippen LogP contribution in [0.1, 0.15) is 11.1 Å². The molecule has 2 rings (SSSR count). The largest absolute Gasteiger partial charge is 0.424 e. The minimum Gasteiger partial charge on any atom is -0.424 e. The van der Waals surface area contributed by atoms with Crippen molar-refractivity contribution in [1.82, 2.24) is 15.3 Å². The Morgan fingerprint density at radius 2 is 2.05 bits per heavy atom. The van der Waals surface area contributed by atoms with Crippen molar-refractivity contribution in [1.29, 1.82) is 0 Å². The van der Waals surface area contributed by atoms with E-state index >= 15 is 0 Å². The Labute approximate surface area is 115 Å². The lowest BCUT2D eigenvalue weighted by molar-refractivity contribution is -0.384. The molecule has 1 aromatic heterocycles. The van der Waals surface area contributed by atoms with Crippen LogP contribution in [0.15, 0.2) is 30.6 Å². The van der Waals surface area contributed by atoms with Crippen molar-refractivity contribution in [2.45, 2.75) is 13.5 Å². The van der Waals surface area contributed by atoms with Crippen LogP contribution in [0.2, 0.25) is 0 Å². The molecular weight excluding hydrogens is 260 g/mol. The van der Waals surface area contributed by atoms with Gasteiger partial charge in [-0.1, -0.05) is 0 Å². The fourth-order valence-corrected chi connectivity index (χ4v) is 1.60. The highest BCUT2D eigenvalue weighted by Gasteiger charge is 2.11. The number of benzene rings is 1. The predicted octanol–water partition coefficient (Wildman–Crippen LogP) is 2.20. The minimum atomic E-state index is -0.469. The molecular formula is C13H14N4O3. The first kappa shape index (κ1) is 13.9. The molecule has 20 heavy (non-hydrogen) atoms. The zero-order valence-corrected chi connectivity index (χ0v) is 11.2.